The van der Waals surface area contributed by atoms with Crippen LogP contribution < -0.4 is 10.6 Å². The zero-order chi connectivity index (χ0) is 19.0. The number of aromatic nitrogens is 3. The number of pyridine rings is 1. The number of nitrogens with one attached hydrogen (secondary N) is 2. The van der Waals surface area contributed by atoms with Gasteiger partial charge in [-0.15, -0.1) is 0 Å². The van der Waals surface area contributed by atoms with Crippen molar-refractivity contribution < 1.29 is 9.59 Å². The average Bonchev–Trinajstić information content (AvgIpc) is 3.42. The first-order valence-electron chi connectivity index (χ1n) is 9.01. The van der Waals surface area contributed by atoms with E-state index in [0.717, 1.165) is 16.7 Å². The van der Waals surface area contributed by atoms with Crippen LogP contribution in [-0.4, -0.2) is 26.6 Å². The molecule has 1 aromatic carbocycles. The lowest BCUT2D eigenvalue weighted by molar-refractivity contribution is -0.117. The van der Waals surface area contributed by atoms with E-state index < -0.39 is 0 Å². The largest absolute Gasteiger partial charge is 0.326 e. The fourth-order valence-electron chi connectivity index (χ4n) is 3.33. The van der Waals surface area contributed by atoms with Gasteiger partial charge in [0.25, 0.3) is 0 Å². The molecule has 2 amide bonds. The molecule has 0 bridgehead atoms. The van der Waals surface area contributed by atoms with Gasteiger partial charge < -0.3 is 10.6 Å². The number of carbonyl (C=O) groups excluding carboxylic acids is 2. The number of rotatable bonds is 5. The Labute approximate surface area is 156 Å². The standard InChI is InChI=1S/C20H21N5O2/c1-12-19-17(14-3-4-14)9-10-21-20(19)25(24-12)11-18(27)23-16-7-5-15(6-8-16)22-13(2)26/h5-10,14H,3-4,11H2,1-2H3,(H,22,26)(H,23,27). The van der Waals surface area contributed by atoms with Gasteiger partial charge in [0.2, 0.25) is 11.8 Å². The molecule has 2 heterocycles. The molecule has 0 atom stereocenters. The predicted molar refractivity (Wildman–Crippen MR) is 104 cm³/mol. The molecule has 1 saturated carbocycles. The minimum Gasteiger partial charge on any atom is -0.326 e. The Kier molecular flexibility index (Phi) is 4.35. The van der Waals surface area contributed by atoms with E-state index in [9.17, 15) is 9.59 Å². The summed E-state index contributed by atoms with van der Waals surface area (Å²) in [6, 6.07) is 9.05. The van der Waals surface area contributed by atoms with E-state index in [1.807, 2.05) is 6.92 Å². The summed E-state index contributed by atoms with van der Waals surface area (Å²) < 4.78 is 1.66. The zero-order valence-electron chi connectivity index (χ0n) is 15.3. The van der Waals surface area contributed by atoms with Gasteiger partial charge in [-0.3, -0.25) is 9.59 Å². The molecule has 1 fully saturated rings. The van der Waals surface area contributed by atoms with Crippen LogP contribution in [0.5, 0.6) is 0 Å². The fraction of sp³-hybridized carbons (Fsp3) is 0.300. The lowest BCUT2D eigenvalue weighted by atomic mass is 10.1. The summed E-state index contributed by atoms with van der Waals surface area (Å²) in [6.45, 7) is 3.51. The molecule has 2 N–H and O–H groups in total. The number of aryl methyl sites for hydroxylation is 1. The summed E-state index contributed by atoms with van der Waals surface area (Å²) in [6.07, 6.45) is 4.21. The van der Waals surface area contributed by atoms with Crippen LogP contribution in [0.15, 0.2) is 36.5 Å². The van der Waals surface area contributed by atoms with Gasteiger partial charge in [0.15, 0.2) is 5.65 Å². The van der Waals surface area contributed by atoms with Crippen molar-refractivity contribution in [3.63, 3.8) is 0 Å². The van der Waals surface area contributed by atoms with Gasteiger partial charge in [0, 0.05) is 29.9 Å². The molecule has 4 rings (SSSR count). The maximum absolute atomic E-state index is 12.5. The number of fused-ring (bicyclic) bond motifs is 1. The van der Waals surface area contributed by atoms with Crippen molar-refractivity contribution in [3.05, 3.63) is 47.8 Å². The molecular formula is C20H21N5O2. The molecule has 0 saturated heterocycles. The van der Waals surface area contributed by atoms with Crippen LogP contribution in [-0.2, 0) is 16.1 Å². The van der Waals surface area contributed by atoms with Gasteiger partial charge in [-0.2, -0.15) is 5.10 Å². The van der Waals surface area contributed by atoms with Crippen LogP contribution in [0.3, 0.4) is 0 Å². The van der Waals surface area contributed by atoms with E-state index in [-0.39, 0.29) is 18.4 Å². The summed E-state index contributed by atoms with van der Waals surface area (Å²) in [5.74, 6) is 0.291. The third kappa shape index (κ3) is 3.67. The first kappa shape index (κ1) is 17.2. The lowest BCUT2D eigenvalue weighted by Gasteiger charge is -2.08. The molecule has 0 spiro atoms. The summed E-state index contributed by atoms with van der Waals surface area (Å²) in [5, 5.41) is 11.2. The predicted octanol–water partition coefficient (Wildman–Crippen LogP) is 3.21. The number of hydrogen-bond donors (Lipinski definition) is 2. The Morgan fingerprint density at radius 2 is 1.78 bits per heavy atom. The van der Waals surface area contributed by atoms with Gasteiger partial charge in [0.1, 0.15) is 6.54 Å². The van der Waals surface area contributed by atoms with E-state index in [0.29, 0.717) is 17.3 Å². The summed E-state index contributed by atoms with van der Waals surface area (Å²) >= 11 is 0. The topological polar surface area (TPSA) is 88.9 Å². The van der Waals surface area contributed by atoms with E-state index in [2.05, 4.69) is 26.8 Å². The quantitative estimate of drug-likeness (QED) is 0.728. The molecule has 1 aliphatic carbocycles. The van der Waals surface area contributed by atoms with Crippen molar-refractivity contribution in [2.75, 3.05) is 10.6 Å². The van der Waals surface area contributed by atoms with Gasteiger partial charge in [-0.1, -0.05) is 0 Å². The first-order valence-corrected chi connectivity index (χ1v) is 9.01. The molecule has 27 heavy (non-hydrogen) atoms. The molecule has 7 heteroatoms. The van der Waals surface area contributed by atoms with Crippen molar-refractivity contribution in [3.8, 4) is 0 Å². The molecule has 3 aromatic rings. The normalized spacial score (nSPS) is 13.6. The monoisotopic (exact) mass is 363 g/mol. The second kappa shape index (κ2) is 6.83. The van der Waals surface area contributed by atoms with Crippen molar-refractivity contribution in [1.29, 1.82) is 0 Å². The van der Waals surface area contributed by atoms with E-state index >= 15 is 0 Å². The van der Waals surface area contributed by atoms with Crippen LogP contribution in [0.2, 0.25) is 0 Å². The molecular weight excluding hydrogens is 342 g/mol. The Morgan fingerprint density at radius 3 is 2.41 bits per heavy atom. The molecule has 0 radical (unpaired) electrons. The Hall–Kier alpha value is -3.22. The molecule has 7 nitrogen and oxygen atoms in total. The number of hydrogen-bond acceptors (Lipinski definition) is 4. The maximum atomic E-state index is 12.5. The van der Waals surface area contributed by atoms with Crippen LogP contribution in [0, 0.1) is 6.92 Å². The molecule has 0 unspecified atom stereocenters. The van der Waals surface area contributed by atoms with Crippen LogP contribution >= 0.6 is 0 Å². The number of benzene rings is 1. The van der Waals surface area contributed by atoms with Crippen LogP contribution in [0.4, 0.5) is 11.4 Å². The smallest absolute Gasteiger partial charge is 0.246 e. The number of carbonyl (C=O) groups is 2. The van der Waals surface area contributed by atoms with Crippen molar-refractivity contribution in [1.82, 2.24) is 14.8 Å². The number of amides is 2. The van der Waals surface area contributed by atoms with Crippen molar-refractivity contribution >= 4 is 34.2 Å². The highest BCUT2D eigenvalue weighted by atomic mass is 16.2. The summed E-state index contributed by atoms with van der Waals surface area (Å²) in [7, 11) is 0. The third-order valence-electron chi connectivity index (χ3n) is 4.64. The summed E-state index contributed by atoms with van der Waals surface area (Å²) in [5.41, 5.74) is 4.30. The van der Waals surface area contributed by atoms with Gasteiger partial charge in [0.05, 0.1) is 5.69 Å². The second-order valence-electron chi connectivity index (χ2n) is 6.92. The first-order chi connectivity index (χ1) is 13.0. The highest BCUT2D eigenvalue weighted by molar-refractivity contribution is 5.93. The highest BCUT2D eigenvalue weighted by Crippen LogP contribution is 2.43. The third-order valence-corrected chi connectivity index (χ3v) is 4.64. The minimum absolute atomic E-state index is 0.0961. The maximum Gasteiger partial charge on any atom is 0.246 e. The second-order valence-corrected chi connectivity index (χ2v) is 6.92. The summed E-state index contributed by atoms with van der Waals surface area (Å²) in [4.78, 5) is 28.0. The number of nitrogens with zero attached hydrogens (tertiary/aromatic N) is 3. The molecule has 1 aliphatic rings. The van der Waals surface area contributed by atoms with Gasteiger partial charge in [-0.05, 0) is 61.6 Å². The zero-order valence-corrected chi connectivity index (χ0v) is 15.3. The number of anilines is 2. The highest BCUT2D eigenvalue weighted by Gasteiger charge is 2.27. The Morgan fingerprint density at radius 1 is 1.11 bits per heavy atom. The van der Waals surface area contributed by atoms with Gasteiger partial charge in [-0.25, -0.2) is 9.67 Å². The SMILES string of the molecule is CC(=O)Nc1ccc(NC(=O)Cn2nc(C)c3c(C4CC4)ccnc32)cc1. The van der Waals surface area contributed by atoms with Crippen molar-refractivity contribution in [2.24, 2.45) is 0 Å². The lowest BCUT2D eigenvalue weighted by Crippen LogP contribution is -2.19. The Balaban J connectivity index is 1.50. The van der Waals surface area contributed by atoms with Crippen LogP contribution in [0.25, 0.3) is 11.0 Å². The van der Waals surface area contributed by atoms with Crippen LogP contribution in [0.1, 0.15) is 36.9 Å². The fourth-order valence-corrected chi connectivity index (χ4v) is 3.33. The molecule has 2 aromatic heterocycles. The van der Waals surface area contributed by atoms with E-state index in [1.54, 1.807) is 35.1 Å². The van der Waals surface area contributed by atoms with Gasteiger partial charge >= 0.3 is 0 Å². The Bertz CT molecular complexity index is 1020. The minimum atomic E-state index is -0.176. The average molecular weight is 363 g/mol. The molecule has 138 valence electrons. The van der Waals surface area contributed by atoms with E-state index in [4.69, 9.17) is 0 Å². The molecule has 0 aliphatic heterocycles. The van der Waals surface area contributed by atoms with E-state index in [1.165, 1.54) is 25.3 Å². The van der Waals surface area contributed by atoms with Crippen molar-refractivity contribution in [2.45, 2.75) is 39.2 Å².